The van der Waals surface area contributed by atoms with Gasteiger partial charge in [0, 0.05) is 6.54 Å². The zero-order valence-electron chi connectivity index (χ0n) is 13.8. The zero-order valence-corrected chi connectivity index (χ0v) is 13.8. The summed E-state index contributed by atoms with van der Waals surface area (Å²) in [4.78, 5) is 23.8. The van der Waals surface area contributed by atoms with Gasteiger partial charge in [-0.3, -0.25) is 9.59 Å². The second-order valence-corrected chi connectivity index (χ2v) is 5.89. The first-order valence-corrected chi connectivity index (χ1v) is 7.76. The van der Waals surface area contributed by atoms with Crippen molar-refractivity contribution in [3.8, 4) is 0 Å². The molecule has 5 heteroatoms. The number of carbonyl (C=O) groups is 2. The highest BCUT2D eigenvalue weighted by Crippen LogP contribution is 2.05. The smallest absolute Gasteiger partial charge is 0.242 e. The molecule has 122 valence electrons. The van der Waals surface area contributed by atoms with Crippen molar-refractivity contribution in [3.63, 3.8) is 0 Å². The maximum Gasteiger partial charge on any atom is 0.242 e. The molecule has 0 saturated heterocycles. The molecule has 4 N–H and O–H groups in total. The summed E-state index contributed by atoms with van der Waals surface area (Å²) in [6.07, 6.45) is 0.992. The summed E-state index contributed by atoms with van der Waals surface area (Å²) < 4.78 is 0. The lowest BCUT2D eigenvalue weighted by molar-refractivity contribution is -0.129. The van der Waals surface area contributed by atoms with Crippen LogP contribution in [-0.4, -0.2) is 23.9 Å². The molecule has 0 saturated carbocycles. The average molecular weight is 305 g/mol. The van der Waals surface area contributed by atoms with Crippen molar-refractivity contribution in [1.29, 1.82) is 0 Å². The molecule has 2 amide bonds. The van der Waals surface area contributed by atoms with E-state index >= 15 is 0 Å². The SMILES string of the molecule is CCc1ccc(CNC(=O)[C@H](C)NC(=O)[C@@H](N)C(C)C)cc1. The summed E-state index contributed by atoms with van der Waals surface area (Å²) in [5, 5.41) is 5.45. The third-order valence-corrected chi connectivity index (χ3v) is 3.67. The van der Waals surface area contributed by atoms with Crippen LogP contribution in [0.3, 0.4) is 0 Å². The van der Waals surface area contributed by atoms with Gasteiger partial charge >= 0.3 is 0 Å². The Balaban J connectivity index is 2.45. The Hall–Kier alpha value is -1.88. The molecule has 0 fully saturated rings. The van der Waals surface area contributed by atoms with Crippen LogP contribution in [0.2, 0.25) is 0 Å². The number of hydrogen-bond donors (Lipinski definition) is 3. The minimum Gasteiger partial charge on any atom is -0.350 e. The molecule has 0 aromatic heterocycles. The molecule has 0 aliphatic carbocycles. The lowest BCUT2D eigenvalue weighted by Gasteiger charge is -2.19. The summed E-state index contributed by atoms with van der Waals surface area (Å²) in [5.41, 5.74) is 8.05. The molecule has 0 aliphatic heterocycles. The molecular formula is C17H27N3O2. The molecule has 0 unspecified atom stereocenters. The van der Waals surface area contributed by atoms with Crippen LogP contribution in [0.25, 0.3) is 0 Å². The summed E-state index contributed by atoms with van der Waals surface area (Å²) in [5.74, 6) is -0.485. The molecule has 0 heterocycles. The van der Waals surface area contributed by atoms with E-state index in [1.54, 1.807) is 6.92 Å². The van der Waals surface area contributed by atoms with Gasteiger partial charge in [0.05, 0.1) is 6.04 Å². The first-order valence-electron chi connectivity index (χ1n) is 7.76. The van der Waals surface area contributed by atoms with Crippen molar-refractivity contribution in [2.45, 2.75) is 52.7 Å². The lowest BCUT2D eigenvalue weighted by atomic mass is 10.0. The van der Waals surface area contributed by atoms with E-state index in [0.717, 1.165) is 12.0 Å². The first kappa shape index (κ1) is 18.2. The minimum atomic E-state index is -0.604. The topological polar surface area (TPSA) is 84.2 Å². The van der Waals surface area contributed by atoms with Crippen molar-refractivity contribution in [2.75, 3.05) is 0 Å². The van der Waals surface area contributed by atoms with Gasteiger partial charge in [-0.05, 0) is 30.4 Å². The molecular weight excluding hydrogens is 278 g/mol. The highest BCUT2D eigenvalue weighted by atomic mass is 16.2. The van der Waals surface area contributed by atoms with Gasteiger partial charge in [-0.1, -0.05) is 45.0 Å². The normalized spacial score (nSPS) is 13.5. The predicted octanol–water partition coefficient (Wildman–Crippen LogP) is 1.35. The van der Waals surface area contributed by atoms with E-state index in [9.17, 15) is 9.59 Å². The Morgan fingerprint density at radius 1 is 1.05 bits per heavy atom. The van der Waals surface area contributed by atoms with Crippen molar-refractivity contribution in [3.05, 3.63) is 35.4 Å². The van der Waals surface area contributed by atoms with E-state index in [4.69, 9.17) is 5.73 Å². The van der Waals surface area contributed by atoms with Crippen LogP contribution in [0.5, 0.6) is 0 Å². The van der Waals surface area contributed by atoms with E-state index in [2.05, 4.69) is 17.6 Å². The maximum atomic E-state index is 12.0. The second kappa shape index (κ2) is 8.54. The Kier molecular flexibility index (Phi) is 7.05. The molecule has 0 bridgehead atoms. The van der Waals surface area contributed by atoms with Gasteiger partial charge in [0.1, 0.15) is 6.04 Å². The molecule has 1 aromatic carbocycles. The molecule has 2 atom stereocenters. The summed E-state index contributed by atoms with van der Waals surface area (Å²) in [7, 11) is 0. The van der Waals surface area contributed by atoms with Crippen LogP contribution >= 0.6 is 0 Å². The van der Waals surface area contributed by atoms with E-state index in [-0.39, 0.29) is 17.7 Å². The Labute approximate surface area is 132 Å². The third kappa shape index (κ3) is 5.48. The Bertz CT molecular complexity index is 497. The van der Waals surface area contributed by atoms with E-state index < -0.39 is 12.1 Å². The third-order valence-electron chi connectivity index (χ3n) is 3.67. The highest BCUT2D eigenvalue weighted by molar-refractivity contribution is 5.89. The summed E-state index contributed by atoms with van der Waals surface area (Å²) >= 11 is 0. The number of nitrogens with two attached hydrogens (primary N) is 1. The van der Waals surface area contributed by atoms with Gasteiger partial charge < -0.3 is 16.4 Å². The number of aryl methyl sites for hydroxylation is 1. The van der Waals surface area contributed by atoms with Crippen LogP contribution in [0.4, 0.5) is 0 Å². The molecule has 0 spiro atoms. The van der Waals surface area contributed by atoms with Gasteiger partial charge in [0.15, 0.2) is 0 Å². The number of nitrogens with one attached hydrogen (secondary N) is 2. The fourth-order valence-electron chi connectivity index (χ4n) is 1.91. The molecule has 1 rings (SSSR count). The van der Waals surface area contributed by atoms with E-state index in [0.29, 0.717) is 6.54 Å². The van der Waals surface area contributed by atoms with Crippen LogP contribution in [0, 0.1) is 5.92 Å². The monoisotopic (exact) mass is 305 g/mol. The van der Waals surface area contributed by atoms with Gasteiger partial charge in [0.25, 0.3) is 0 Å². The fourth-order valence-corrected chi connectivity index (χ4v) is 1.91. The van der Waals surface area contributed by atoms with Crippen molar-refractivity contribution in [1.82, 2.24) is 10.6 Å². The van der Waals surface area contributed by atoms with Gasteiger partial charge in [-0.2, -0.15) is 0 Å². The average Bonchev–Trinajstić information content (AvgIpc) is 2.51. The zero-order chi connectivity index (χ0) is 16.7. The quantitative estimate of drug-likeness (QED) is 0.711. The van der Waals surface area contributed by atoms with E-state index in [1.807, 2.05) is 38.1 Å². The predicted molar refractivity (Wildman–Crippen MR) is 88.1 cm³/mol. The number of amides is 2. The van der Waals surface area contributed by atoms with Gasteiger partial charge in [-0.15, -0.1) is 0 Å². The van der Waals surface area contributed by atoms with Crippen LogP contribution in [-0.2, 0) is 22.6 Å². The molecule has 5 nitrogen and oxygen atoms in total. The number of rotatable bonds is 7. The molecule has 22 heavy (non-hydrogen) atoms. The van der Waals surface area contributed by atoms with Crippen LogP contribution in [0.1, 0.15) is 38.8 Å². The highest BCUT2D eigenvalue weighted by Gasteiger charge is 2.21. The molecule has 0 aliphatic rings. The van der Waals surface area contributed by atoms with Crippen LogP contribution in [0.15, 0.2) is 24.3 Å². The lowest BCUT2D eigenvalue weighted by Crippen LogP contribution is -2.51. The Morgan fingerprint density at radius 2 is 1.59 bits per heavy atom. The molecule has 1 aromatic rings. The first-order chi connectivity index (χ1) is 10.3. The number of carbonyl (C=O) groups excluding carboxylic acids is 2. The number of benzene rings is 1. The molecule has 0 radical (unpaired) electrons. The maximum absolute atomic E-state index is 12.0. The van der Waals surface area contributed by atoms with Crippen molar-refractivity contribution in [2.24, 2.45) is 11.7 Å². The number of hydrogen-bond acceptors (Lipinski definition) is 3. The largest absolute Gasteiger partial charge is 0.350 e. The van der Waals surface area contributed by atoms with Gasteiger partial charge in [0.2, 0.25) is 11.8 Å². The summed E-state index contributed by atoms with van der Waals surface area (Å²) in [6.45, 7) is 7.94. The van der Waals surface area contributed by atoms with Gasteiger partial charge in [-0.25, -0.2) is 0 Å². The van der Waals surface area contributed by atoms with E-state index in [1.165, 1.54) is 5.56 Å². The van der Waals surface area contributed by atoms with Crippen molar-refractivity contribution >= 4 is 11.8 Å². The second-order valence-electron chi connectivity index (χ2n) is 5.89. The van der Waals surface area contributed by atoms with Crippen molar-refractivity contribution < 1.29 is 9.59 Å². The van der Waals surface area contributed by atoms with Crippen LogP contribution < -0.4 is 16.4 Å². The standard InChI is InChI=1S/C17H27N3O2/c1-5-13-6-8-14(9-7-13)10-19-16(21)12(4)20-17(22)15(18)11(2)3/h6-9,11-12,15H,5,10,18H2,1-4H3,(H,19,21)(H,20,22)/t12-,15-/m0/s1. The fraction of sp³-hybridized carbons (Fsp3) is 0.529. The minimum absolute atomic E-state index is 0.0346. The Morgan fingerprint density at radius 3 is 2.09 bits per heavy atom. The summed E-state index contributed by atoms with van der Waals surface area (Å²) in [6, 6.07) is 6.89.